The van der Waals surface area contributed by atoms with Crippen LogP contribution >= 0.6 is 0 Å². The van der Waals surface area contributed by atoms with Gasteiger partial charge in [-0.2, -0.15) is 0 Å². The van der Waals surface area contributed by atoms with Crippen LogP contribution in [0.3, 0.4) is 0 Å². The first kappa shape index (κ1) is 14.6. The molecule has 3 N–H and O–H groups in total. The quantitative estimate of drug-likeness (QED) is 0.908. The lowest BCUT2D eigenvalue weighted by atomic mass is 9.80. The van der Waals surface area contributed by atoms with Gasteiger partial charge in [0.25, 0.3) is 5.91 Å². The Bertz CT molecular complexity index is 729. The molecule has 1 aliphatic heterocycles. The number of likely N-dealkylation sites (tertiary alicyclic amines) is 1. The fraction of sp³-hybridized carbons (Fsp3) is 0.412. The van der Waals surface area contributed by atoms with Crippen molar-refractivity contribution in [1.82, 2.24) is 9.88 Å². The summed E-state index contributed by atoms with van der Waals surface area (Å²) in [4.78, 5) is 28.2. The number of aromatic amines is 1. The average Bonchev–Trinajstić information content (AvgIpc) is 2.93. The first-order valence-electron chi connectivity index (χ1n) is 7.70. The number of nitrogens with two attached hydrogens (primary N) is 1. The lowest BCUT2D eigenvalue weighted by Gasteiger charge is -2.42. The van der Waals surface area contributed by atoms with Crippen LogP contribution in [0.4, 0.5) is 0 Å². The van der Waals surface area contributed by atoms with Crippen molar-refractivity contribution >= 4 is 22.7 Å². The highest BCUT2D eigenvalue weighted by Gasteiger charge is 2.34. The lowest BCUT2D eigenvalue weighted by molar-refractivity contribution is -0.137. The van der Waals surface area contributed by atoms with Crippen molar-refractivity contribution in [1.29, 1.82) is 0 Å². The Morgan fingerprint density at radius 1 is 1.36 bits per heavy atom. The van der Waals surface area contributed by atoms with Gasteiger partial charge in [0.15, 0.2) is 0 Å². The Labute approximate surface area is 129 Å². The fourth-order valence-electron chi connectivity index (χ4n) is 3.29. The van der Waals surface area contributed by atoms with E-state index in [9.17, 15) is 9.59 Å². The van der Waals surface area contributed by atoms with E-state index < -0.39 is 5.91 Å². The smallest absolute Gasteiger partial charge is 0.250 e. The van der Waals surface area contributed by atoms with Crippen molar-refractivity contribution in [2.45, 2.75) is 26.2 Å². The summed E-state index contributed by atoms with van der Waals surface area (Å²) in [5, 5.41) is 1.05. The molecule has 2 heterocycles. The van der Waals surface area contributed by atoms with Gasteiger partial charge in [-0.25, -0.2) is 0 Å². The van der Waals surface area contributed by atoms with Crippen LogP contribution in [0.2, 0.25) is 0 Å². The molecule has 5 nitrogen and oxygen atoms in total. The molecule has 0 bridgehead atoms. The molecule has 1 saturated heterocycles. The van der Waals surface area contributed by atoms with E-state index in [1.54, 1.807) is 6.07 Å². The van der Waals surface area contributed by atoms with Crippen molar-refractivity contribution in [3.63, 3.8) is 0 Å². The number of hydrogen-bond donors (Lipinski definition) is 2. The molecular weight excluding hydrogens is 278 g/mol. The van der Waals surface area contributed by atoms with Crippen molar-refractivity contribution in [2.24, 2.45) is 11.7 Å². The molecule has 1 aliphatic rings. The minimum absolute atomic E-state index is 0.222. The summed E-state index contributed by atoms with van der Waals surface area (Å²) < 4.78 is 0. The number of benzene rings is 1. The Morgan fingerprint density at radius 3 is 2.73 bits per heavy atom. The van der Waals surface area contributed by atoms with Gasteiger partial charge in [-0.05, 0) is 23.6 Å². The van der Waals surface area contributed by atoms with Gasteiger partial charge in [-0.3, -0.25) is 9.59 Å². The zero-order chi connectivity index (χ0) is 15.9. The number of carbonyl (C=O) groups excluding carboxylic acids is 2. The average molecular weight is 299 g/mol. The predicted octanol–water partition coefficient (Wildman–Crippen LogP) is 2.24. The van der Waals surface area contributed by atoms with E-state index >= 15 is 0 Å². The third kappa shape index (κ3) is 2.26. The van der Waals surface area contributed by atoms with Gasteiger partial charge in [0.1, 0.15) is 0 Å². The Hall–Kier alpha value is -2.30. The highest BCUT2D eigenvalue weighted by Crippen LogP contribution is 2.36. The van der Waals surface area contributed by atoms with E-state index in [1.165, 1.54) is 5.56 Å². The molecule has 3 rings (SSSR count). The van der Waals surface area contributed by atoms with Gasteiger partial charge in [0.05, 0.1) is 11.1 Å². The van der Waals surface area contributed by atoms with Crippen molar-refractivity contribution in [3.8, 4) is 0 Å². The van der Waals surface area contributed by atoms with Crippen molar-refractivity contribution < 1.29 is 9.59 Å². The van der Waals surface area contributed by atoms with Gasteiger partial charge in [-0.15, -0.1) is 0 Å². The second-order valence-corrected chi connectivity index (χ2v) is 6.03. The number of fused-ring (bicyclic) bond motifs is 1. The molecule has 0 aliphatic carbocycles. The molecule has 2 aromatic rings. The summed E-state index contributed by atoms with van der Waals surface area (Å²) in [5.74, 6) is 0.600. The highest BCUT2D eigenvalue weighted by atomic mass is 16.2. The van der Waals surface area contributed by atoms with E-state index in [0.29, 0.717) is 23.8 Å². The number of aromatic nitrogens is 1. The molecular formula is C17H21N3O2. The minimum atomic E-state index is -0.421. The third-order valence-electron chi connectivity index (χ3n) is 4.78. The number of amides is 2. The topological polar surface area (TPSA) is 79.2 Å². The number of nitrogens with zero attached hydrogens (tertiary/aromatic N) is 1. The van der Waals surface area contributed by atoms with Crippen LogP contribution < -0.4 is 5.73 Å². The normalized spacial score (nSPS) is 16.5. The maximum atomic E-state index is 11.7. The predicted molar refractivity (Wildman–Crippen MR) is 85.6 cm³/mol. The van der Waals surface area contributed by atoms with Gasteiger partial charge in [0.2, 0.25) is 5.91 Å². The second-order valence-electron chi connectivity index (χ2n) is 6.03. The monoisotopic (exact) mass is 299 g/mol. The molecule has 22 heavy (non-hydrogen) atoms. The van der Waals surface area contributed by atoms with E-state index in [-0.39, 0.29) is 5.91 Å². The third-order valence-corrected chi connectivity index (χ3v) is 4.78. The summed E-state index contributed by atoms with van der Waals surface area (Å²) in [7, 11) is 0. The van der Waals surface area contributed by atoms with Crippen LogP contribution in [0.15, 0.2) is 24.4 Å². The van der Waals surface area contributed by atoms with Crippen LogP contribution in [0.25, 0.3) is 10.9 Å². The Balaban J connectivity index is 1.86. The van der Waals surface area contributed by atoms with Gasteiger partial charge < -0.3 is 15.6 Å². The molecule has 2 amide bonds. The molecule has 1 aromatic carbocycles. The van der Waals surface area contributed by atoms with E-state index in [0.717, 1.165) is 24.0 Å². The summed E-state index contributed by atoms with van der Waals surface area (Å²) >= 11 is 0. The first-order chi connectivity index (χ1) is 10.5. The maximum Gasteiger partial charge on any atom is 0.250 e. The number of rotatable bonds is 4. The maximum absolute atomic E-state index is 11.7. The summed E-state index contributed by atoms with van der Waals surface area (Å²) in [6.45, 7) is 5.71. The highest BCUT2D eigenvalue weighted by molar-refractivity contribution is 6.05. The number of nitrogens with one attached hydrogen (secondary N) is 1. The molecule has 1 fully saturated rings. The van der Waals surface area contributed by atoms with Gasteiger partial charge in [0, 0.05) is 37.0 Å². The second kappa shape index (κ2) is 5.48. The molecule has 1 aromatic heterocycles. The largest absolute Gasteiger partial charge is 0.366 e. The molecule has 0 radical (unpaired) electrons. The van der Waals surface area contributed by atoms with E-state index in [1.807, 2.05) is 30.2 Å². The summed E-state index contributed by atoms with van der Waals surface area (Å²) in [5.41, 5.74) is 7.95. The lowest BCUT2D eigenvalue weighted by Crippen LogP contribution is -2.51. The van der Waals surface area contributed by atoms with E-state index in [2.05, 4.69) is 11.9 Å². The Kier molecular flexibility index (Phi) is 3.64. The van der Waals surface area contributed by atoms with Crippen LogP contribution in [-0.2, 0) is 4.79 Å². The SMILES string of the molecule is CCC(=O)N1CC([C@@H](C)c2ccc(C(N)=O)c3[nH]ccc23)C1. The standard InChI is InChI=1S/C17H21N3O2/c1-3-15(21)20-8-11(9-20)10(2)12-4-5-14(17(18)22)16-13(12)6-7-19-16/h4-7,10-11,19H,3,8-9H2,1-2H3,(H2,18,22)/t10-/m1/s1. The fourth-order valence-corrected chi connectivity index (χ4v) is 3.29. The summed E-state index contributed by atoms with van der Waals surface area (Å²) in [6, 6.07) is 5.77. The molecule has 1 atom stereocenters. The van der Waals surface area contributed by atoms with E-state index in [4.69, 9.17) is 5.73 Å². The number of primary amides is 1. The minimum Gasteiger partial charge on any atom is -0.366 e. The van der Waals surface area contributed by atoms with Crippen LogP contribution in [-0.4, -0.2) is 34.8 Å². The molecule has 116 valence electrons. The number of H-pyrrole nitrogens is 1. The number of hydrogen-bond acceptors (Lipinski definition) is 2. The zero-order valence-electron chi connectivity index (χ0n) is 12.9. The van der Waals surface area contributed by atoms with Crippen molar-refractivity contribution in [2.75, 3.05) is 13.1 Å². The van der Waals surface area contributed by atoms with Crippen LogP contribution in [0.5, 0.6) is 0 Å². The van der Waals surface area contributed by atoms with Crippen molar-refractivity contribution in [3.05, 3.63) is 35.5 Å². The number of carbonyl (C=O) groups is 2. The molecule has 0 saturated carbocycles. The summed E-state index contributed by atoms with van der Waals surface area (Å²) in [6.07, 6.45) is 2.40. The Morgan fingerprint density at radius 2 is 2.09 bits per heavy atom. The van der Waals surface area contributed by atoms with Gasteiger partial charge in [-0.1, -0.05) is 19.9 Å². The van der Waals surface area contributed by atoms with Gasteiger partial charge >= 0.3 is 0 Å². The molecule has 0 spiro atoms. The van der Waals surface area contributed by atoms with Crippen LogP contribution in [0, 0.1) is 5.92 Å². The zero-order valence-corrected chi connectivity index (χ0v) is 12.9. The van der Waals surface area contributed by atoms with Crippen LogP contribution in [0.1, 0.15) is 42.1 Å². The molecule has 5 heteroatoms. The molecule has 0 unspecified atom stereocenters. The first-order valence-corrected chi connectivity index (χ1v) is 7.70.